The smallest absolute Gasteiger partial charge is 0.273 e. The maximum absolute atomic E-state index is 12.5. The largest absolute Gasteiger partial charge is 0.484 e. The molecule has 29 heavy (non-hydrogen) atoms. The van der Waals surface area contributed by atoms with Gasteiger partial charge < -0.3 is 14.5 Å². The first-order chi connectivity index (χ1) is 14.0. The predicted molar refractivity (Wildman–Crippen MR) is 110 cm³/mol. The number of hydrogen-bond acceptors (Lipinski definition) is 7. The number of carbonyl (C=O) groups excluding carboxylic acids is 1. The van der Waals surface area contributed by atoms with Crippen LogP contribution in [0.5, 0.6) is 5.75 Å². The molecule has 0 saturated heterocycles. The quantitative estimate of drug-likeness (QED) is 0.510. The van der Waals surface area contributed by atoms with E-state index in [4.69, 9.17) is 9.15 Å². The molecule has 0 bridgehead atoms. The molecule has 8 heteroatoms. The molecule has 4 rings (SSSR count). The Balaban J connectivity index is 1.38. The van der Waals surface area contributed by atoms with Crippen molar-refractivity contribution >= 4 is 27.5 Å². The van der Waals surface area contributed by atoms with E-state index in [1.54, 1.807) is 17.5 Å². The Morgan fingerprint density at radius 3 is 2.97 bits per heavy atom. The molecule has 1 amide bonds. The maximum atomic E-state index is 12.5. The van der Waals surface area contributed by atoms with Gasteiger partial charge in [0.05, 0.1) is 27.0 Å². The van der Waals surface area contributed by atoms with Gasteiger partial charge in [-0.2, -0.15) is 0 Å². The number of fused-ring (bicyclic) bond motifs is 1. The van der Waals surface area contributed by atoms with E-state index < -0.39 is 0 Å². The third-order valence-electron chi connectivity index (χ3n) is 4.42. The third kappa shape index (κ3) is 4.27. The normalized spacial score (nSPS) is 12.1. The van der Waals surface area contributed by atoms with Crippen molar-refractivity contribution in [3.05, 3.63) is 70.6 Å². The molecule has 0 saturated carbocycles. The summed E-state index contributed by atoms with van der Waals surface area (Å²) in [6.45, 7) is 5.94. The van der Waals surface area contributed by atoms with Crippen molar-refractivity contribution in [2.75, 3.05) is 0 Å². The molecule has 1 unspecified atom stereocenters. The number of aromatic nitrogens is 3. The van der Waals surface area contributed by atoms with Crippen LogP contribution >= 0.6 is 11.3 Å². The molecule has 3 aromatic heterocycles. The van der Waals surface area contributed by atoms with Crippen LogP contribution in [0.4, 0.5) is 0 Å². The molecule has 0 spiro atoms. The molecule has 0 aliphatic carbocycles. The van der Waals surface area contributed by atoms with Crippen LogP contribution in [-0.4, -0.2) is 20.9 Å². The SMILES string of the molecule is Cc1nc2cc(OCc3nc(C(=O)NC(C)c4ncccc4C)co3)ccc2s1. The lowest BCUT2D eigenvalue weighted by molar-refractivity contribution is 0.0934. The van der Waals surface area contributed by atoms with Crippen LogP contribution < -0.4 is 10.1 Å². The second-order valence-electron chi connectivity index (χ2n) is 6.68. The standard InChI is InChI=1S/C21H20N4O3S/c1-12-5-4-8-22-20(12)13(2)23-21(26)17-10-28-19(25-17)11-27-15-6-7-18-16(9-15)24-14(3)29-18/h4-10,13H,11H2,1-3H3,(H,23,26). The molecule has 0 aliphatic rings. The highest BCUT2D eigenvalue weighted by molar-refractivity contribution is 7.18. The first kappa shape index (κ1) is 19.1. The number of aryl methyl sites for hydroxylation is 2. The van der Waals surface area contributed by atoms with Gasteiger partial charge in [-0.15, -0.1) is 11.3 Å². The lowest BCUT2D eigenvalue weighted by Gasteiger charge is -2.14. The van der Waals surface area contributed by atoms with E-state index in [0.29, 0.717) is 11.6 Å². The average molecular weight is 408 g/mol. The predicted octanol–water partition coefficient (Wildman–Crippen LogP) is 4.37. The molecule has 4 aromatic rings. The summed E-state index contributed by atoms with van der Waals surface area (Å²) in [5.41, 5.74) is 2.94. The number of amides is 1. The minimum Gasteiger partial charge on any atom is -0.484 e. The van der Waals surface area contributed by atoms with Gasteiger partial charge in [0.15, 0.2) is 12.3 Å². The summed E-state index contributed by atoms with van der Waals surface area (Å²) < 4.78 is 12.2. The molecular weight excluding hydrogens is 388 g/mol. The molecule has 3 heterocycles. The number of nitrogens with zero attached hydrogens (tertiary/aromatic N) is 3. The van der Waals surface area contributed by atoms with Crippen LogP contribution in [0.15, 0.2) is 47.2 Å². The lowest BCUT2D eigenvalue weighted by Crippen LogP contribution is -2.28. The molecule has 1 atom stereocenters. The van der Waals surface area contributed by atoms with Crippen LogP contribution in [0.1, 0.15) is 45.6 Å². The minimum absolute atomic E-state index is 0.122. The molecule has 1 N–H and O–H groups in total. The summed E-state index contributed by atoms with van der Waals surface area (Å²) in [6, 6.07) is 9.32. The Hall–Kier alpha value is -3.26. The van der Waals surface area contributed by atoms with Crippen LogP contribution in [0.3, 0.4) is 0 Å². The van der Waals surface area contributed by atoms with Crippen molar-refractivity contribution in [2.45, 2.75) is 33.4 Å². The topological polar surface area (TPSA) is 90.1 Å². The Labute approximate surface area is 171 Å². The Morgan fingerprint density at radius 1 is 1.28 bits per heavy atom. The summed E-state index contributed by atoms with van der Waals surface area (Å²) >= 11 is 1.64. The van der Waals surface area contributed by atoms with Crippen molar-refractivity contribution in [3.8, 4) is 5.75 Å². The van der Waals surface area contributed by atoms with Gasteiger partial charge in [0.2, 0.25) is 5.89 Å². The zero-order valence-electron chi connectivity index (χ0n) is 16.3. The van der Waals surface area contributed by atoms with Gasteiger partial charge in [-0.1, -0.05) is 6.07 Å². The van der Waals surface area contributed by atoms with Crippen LogP contribution in [-0.2, 0) is 6.61 Å². The van der Waals surface area contributed by atoms with Crippen molar-refractivity contribution < 1.29 is 13.9 Å². The van der Waals surface area contributed by atoms with E-state index in [1.807, 2.05) is 51.1 Å². The zero-order valence-corrected chi connectivity index (χ0v) is 17.1. The number of carbonyl (C=O) groups is 1. The first-order valence-corrected chi connectivity index (χ1v) is 9.98. The summed E-state index contributed by atoms with van der Waals surface area (Å²) in [4.78, 5) is 25.5. The molecule has 0 aliphatic heterocycles. The van der Waals surface area contributed by atoms with Crippen molar-refractivity contribution in [1.29, 1.82) is 0 Å². The summed E-state index contributed by atoms with van der Waals surface area (Å²) in [6.07, 6.45) is 3.04. The van der Waals surface area contributed by atoms with Crippen LogP contribution in [0.2, 0.25) is 0 Å². The Kier molecular flexibility index (Phi) is 5.26. The second kappa shape index (κ2) is 8.00. The van der Waals surface area contributed by atoms with Crippen molar-refractivity contribution in [3.63, 3.8) is 0 Å². The van der Waals surface area contributed by atoms with E-state index in [0.717, 1.165) is 26.5 Å². The number of pyridine rings is 1. The van der Waals surface area contributed by atoms with Gasteiger partial charge in [-0.25, -0.2) is 9.97 Å². The minimum atomic E-state index is -0.322. The summed E-state index contributed by atoms with van der Waals surface area (Å²) in [5, 5.41) is 3.90. The summed E-state index contributed by atoms with van der Waals surface area (Å²) in [5.74, 6) is 0.676. The highest BCUT2D eigenvalue weighted by Gasteiger charge is 2.17. The Bertz CT molecular complexity index is 1170. The highest BCUT2D eigenvalue weighted by atomic mass is 32.1. The third-order valence-corrected chi connectivity index (χ3v) is 5.37. The molecule has 7 nitrogen and oxygen atoms in total. The van der Waals surface area contributed by atoms with Crippen molar-refractivity contribution in [1.82, 2.24) is 20.3 Å². The fraction of sp³-hybridized carbons (Fsp3) is 0.238. The lowest BCUT2D eigenvalue weighted by atomic mass is 10.1. The molecule has 0 fully saturated rings. The van der Waals surface area contributed by atoms with Gasteiger partial charge in [0.25, 0.3) is 5.91 Å². The number of rotatable bonds is 6. The number of thiazole rings is 1. The average Bonchev–Trinajstić information content (AvgIpc) is 3.31. The monoisotopic (exact) mass is 408 g/mol. The zero-order chi connectivity index (χ0) is 20.4. The first-order valence-electron chi connectivity index (χ1n) is 9.16. The molecular formula is C21H20N4O3S. The fourth-order valence-corrected chi connectivity index (χ4v) is 3.84. The second-order valence-corrected chi connectivity index (χ2v) is 7.91. The van der Waals surface area contributed by atoms with Gasteiger partial charge in [0.1, 0.15) is 12.0 Å². The van der Waals surface area contributed by atoms with Crippen LogP contribution in [0.25, 0.3) is 10.2 Å². The number of nitrogens with one attached hydrogen (secondary N) is 1. The molecule has 148 valence electrons. The van der Waals surface area contributed by atoms with E-state index in [-0.39, 0.29) is 24.2 Å². The number of benzene rings is 1. The van der Waals surface area contributed by atoms with Crippen LogP contribution in [0, 0.1) is 13.8 Å². The van der Waals surface area contributed by atoms with Gasteiger partial charge in [-0.05, 0) is 44.5 Å². The number of ether oxygens (including phenoxy) is 1. The Morgan fingerprint density at radius 2 is 2.14 bits per heavy atom. The maximum Gasteiger partial charge on any atom is 0.273 e. The van der Waals surface area contributed by atoms with Gasteiger partial charge in [0, 0.05) is 12.3 Å². The van der Waals surface area contributed by atoms with E-state index in [1.165, 1.54) is 6.26 Å². The van der Waals surface area contributed by atoms with Gasteiger partial charge in [-0.3, -0.25) is 9.78 Å². The molecule has 1 aromatic carbocycles. The van der Waals surface area contributed by atoms with Crippen molar-refractivity contribution in [2.24, 2.45) is 0 Å². The van der Waals surface area contributed by atoms with E-state index in [9.17, 15) is 4.79 Å². The number of oxazole rings is 1. The van der Waals surface area contributed by atoms with E-state index in [2.05, 4.69) is 20.3 Å². The number of hydrogen-bond donors (Lipinski definition) is 1. The molecule has 0 radical (unpaired) electrons. The summed E-state index contributed by atoms with van der Waals surface area (Å²) in [7, 11) is 0. The highest BCUT2D eigenvalue weighted by Crippen LogP contribution is 2.26. The fourth-order valence-electron chi connectivity index (χ4n) is 3.03. The van der Waals surface area contributed by atoms with Gasteiger partial charge >= 0.3 is 0 Å². The van der Waals surface area contributed by atoms with E-state index >= 15 is 0 Å².